The van der Waals surface area contributed by atoms with Gasteiger partial charge in [0.15, 0.2) is 6.61 Å². The van der Waals surface area contributed by atoms with Crippen molar-refractivity contribution in [1.82, 2.24) is 15.1 Å². The average Bonchev–Trinajstić information content (AvgIpc) is 3.40. The highest BCUT2D eigenvalue weighted by atomic mass is 16.5. The number of carbonyl (C=O) groups excluding carboxylic acids is 1. The predicted octanol–water partition coefficient (Wildman–Crippen LogP) is 3.37. The average molecular weight is 385 g/mol. The molecule has 7 nitrogen and oxygen atoms in total. The number of hydrogen-bond acceptors (Lipinski definition) is 4. The SMILES string of the molecule is CC(C)Cn1ncc(C(=O)NC(C)c2ccc(OCC(=O)O)cc2)c1C1CC1. The topological polar surface area (TPSA) is 93.5 Å². The maximum atomic E-state index is 12.9. The molecule has 0 bridgehead atoms. The maximum Gasteiger partial charge on any atom is 0.341 e. The maximum absolute atomic E-state index is 12.9. The first kappa shape index (κ1) is 19.9. The van der Waals surface area contributed by atoms with Gasteiger partial charge in [-0.3, -0.25) is 9.48 Å². The van der Waals surface area contributed by atoms with Crippen molar-refractivity contribution in [2.24, 2.45) is 5.92 Å². The van der Waals surface area contributed by atoms with Gasteiger partial charge in [-0.15, -0.1) is 0 Å². The summed E-state index contributed by atoms with van der Waals surface area (Å²) in [5.41, 5.74) is 2.63. The molecule has 1 heterocycles. The summed E-state index contributed by atoms with van der Waals surface area (Å²) in [6, 6.07) is 6.87. The zero-order valence-electron chi connectivity index (χ0n) is 16.5. The van der Waals surface area contributed by atoms with Gasteiger partial charge in [-0.05, 0) is 43.4 Å². The van der Waals surface area contributed by atoms with Crippen LogP contribution in [0.5, 0.6) is 5.75 Å². The second-order valence-corrected chi connectivity index (χ2v) is 7.74. The van der Waals surface area contributed by atoms with E-state index < -0.39 is 5.97 Å². The summed E-state index contributed by atoms with van der Waals surface area (Å²) in [4.78, 5) is 23.4. The van der Waals surface area contributed by atoms with Crippen LogP contribution in [0.4, 0.5) is 0 Å². The minimum atomic E-state index is -1.02. The highest BCUT2D eigenvalue weighted by Crippen LogP contribution is 2.42. The molecule has 1 aromatic heterocycles. The number of rotatable bonds is 9. The summed E-state index contributed by atoms with van der Waals surface area (Å²) in [5, 5.41) is 16.2. The van der Waals surface area contributed by atoms with Crippen LogP contribution in [0.25, 0.3) is 0 Å². The van der Waals surface area contributed by atoms with Gasteiger partial charge in [0, 0.05) is 12.5 Å². The summed E-state index contributed by atoms with van der Waals surface area (Å²) >= 11 is 0. The standard InChI is InChI=1S/C21H27N3O4/c1-13(2)11-24-20(16-4-5-16)18(10-22-24)21(27)23-14(3)15-6-8-17(9-7-15)28-12-19(25)26/h6-10,13-14,16H,4-5,11-12H2,1-3H3,(H,23,27)(H,25,26). The molecule has 0 aliphatic heterocycles. The number of carbonyl (C=O) groups is 2. The molecule has 1 saturated carbocycles. The van der Waals surface area contributed by atoms with Crippen LogP contribution in [-0.4, -0.2) is 33.4 Å². The van der Waals surface area contributed by atoms with Crippen molar-refractivity contribution >= 4 is 11.9 Å². The Bertz CT molecular complexity index is 838. The van der Waals surface area contributed by atoms with Gasteiger partial charge in [0.25, 0.3) is 5.91 Å². The fourth-order valence-corrected chi connectivity index (χ4v) is 3.20. The number of benzene rings is 1. The molecule has 0 spiro atoms. The Morgan fingerprint density at radius 2 is 1.93 bits per heavy atom. The van der Waals surface area contributed by atoms with Crippen molar-refractivity contribution < 1.29 is 19.4 Å². The molecule has 1 aliphatic rings. The molecule has 7 heteroatoms. The van der Waals surface area contributed by atoms with E-state index in [2.05, 4.69) is 24.3 Å². The van der Waals surface area contributed by atoms with Crippen molar-refractivity contribution in [3.63, 3.8) is 0 Å². The lowest BCUT2D eigenvalue weighted by molar-refractivity contribution is -0.139. The number of ether oxygens (including phenoxy) is 1. The third-order valence-corrected chi connectivity index (χ3v) is 4.72. The number of carboxylic acid groups (broad SMARTS) is 1. The second-order valence-electron chi connectivity index (χ2n) is 7.74. The van der Waals surface area contributed by atoms with Crippen LogP contribution < -0.4 is 10.1 Å². The van der Waals surface area contributed by atoms with Gasteiger partial charge in [0.05, 0.1) is 23.5 Å². The Kier molecular flexibility index (Phi) is 6.02. The second kappa shape index (κ2) is 8.46. The van der Waals surface area contributed by atoms with Crippen LogP contribution >= 0.6 is 0 Å². The molecular weight excluding hydrogens is 358 g/mol. The molecule has 1 fully saturated rings. The van der Waals surface area contributed by atoms with E-state index in [0.717, 1.165) is 30.6 Å². The van der Waals surface area contributed by atoms with Crippen LogP contribution in [0.1, 0.15) is 67.2 Å². The first-order chi connectivity index (χ1) is 13.3. The molecule has 0 radical (unpaired) electrons. The van der Waals surface area contributed by atoms with E-state index in [1.165, 1.54) is 0 Å². The molecule has 1 amide bonds. The van der Waals surface area contributed by atoms with Crippen LogP contribution in [0.15, 0.2) is 30.5 Å². The monoisotopic (exact) mass is 385 g/mol. The van der Waals surface area contributed by atoms with Gasteiger partial charge in [-0.2, -0.15) is 5.10 Å². The number of nitrogens with one attached hydrogen (secondary N) is 1. The van der Waals surface area contributed by atoms with E-state index in [1.807, 2.05) is 23.7 Å². The summed E-state index contributed by atoms with van der Waals surface area (Å²) in [7, 11) is 0. The lowest BCUT2D eigenvalue weighted by atomic mass is 10.1. The first-order valence-corrected chi connectivity index (χ1v) is 9.66. The Labute approximate surface area is 164 Å². The largest absolute Gasteiger partial charge is 0.482 e. The Morgan fingerprint density at radius 1 is 1.25 bits per heavy atom. The van der Waals surface area contributed by atoms with Crippen molar-refractivity contribution in [2.45, 2.75) is 52.1 Å². The lowest BCUT2D eigenvalue weighted by Gasteiger charge is -2.16. The van der Waals surface area contributed by atoms with Gasteiger partial charge >= 0.3 is 5.97 Å². The van der Waals surface area contributed by atoms with E-state index in [0.29, 0.717) is 23.1 Å². The van der Waals surface area contributed by atoms with Gasteiger partial charge in [0.1, 0.15) is 5.75 Å². The number of aromatic nitrogens is 2. The van der Waals surface area contributed by atoms with Crippen molar-refractivity contribution in [3.05, 3.63) is 47.3 Å². The molecular formula is C21H27N3O4. The lowest BCUT2D eigenvalue weighted by Crippen LogP contribution is -2.27. The van der Waals surface area contributed by atoms with E-state index in [-0.39, 0.29) is 18.6 Å². The molecule has 1 aromatic carbocycles. The fraction of sp³-hybridized carbons (Fsp3) is 0.476. The van der Waals surface area contributed by atoms with Crippen LogP contribution in [0.2, 0.25) is 0 Å². The van der Waals surface area contributed by atoms with E-state index in [4.69, 9.17) is 9.84 Å². The minimum absolute atomic E-state index is 0.115. The number of carboxylic acids is 1. The van der Waals surface area contributed by atoms with Crippen LogP contribution in [0.3, 0.4) is 0 Å². The molecule has 1 atom stereocenters. The number of nitrogens with zero attached hydrogens (tertiary/aromatic N) is 2. The van der Waals surface area contributed by atoms with Crippen molar-refractivity contribution in [1.29, 1.82) is 0 Å². The fourth-order valence-electron chi connectivity index (χ4n) is 3.20. The van der Waals surface area contributed by atoms with Crippen LogP contribution in [-0.2, 0) is 11.3 Å². The Balaban J connectivity index is 1.67. The van der Waals surface area contributed by atoms with Gasteiger partial charge < -0.3 is 15.2 Å². The molecule has 3 rings (SSSR count). The first-order valence-electron chi connectivity index (χ1n) is 9.66. The minimum Gasteiger partial charge on any atom is -0.482 e. The summed E-state index contributed by atoms with van der Waals surface area (Å²) in [6.07, 6.45) is 3.90. The molecule has 150 valence electrons. The van der Waals surface area contributed by atoms with Crippen LogP contribution in [0, 0.1) is 5.92 Å². The van der Waals surface area contributed by atoms with Gasteiger partial charge in [-0.25, -0.2) is 4.79 Å². The zero-order chi connectivity index (χ0) is 20.3. The smallest absolute Gasteiger partial charge is 0.341 e. The highest BCUT2D eigenvalue weighted by Gasteiger charge is 2.32. The van der Waals surface area contributed by atoms with Crippen molar-refractivity contribution in [3.8, 4) is 5.75 Å². The number of aliphatic carboxylic acids is 1. The van der Waals surface area contributed by atoms with E-state index >= 15 is 0 Å². The Morgan fingerprint density at radius 3 is 2.50 bits per heavy atom. The molecule has 0 saturated heterocycles. The molecule has 1 unspecified atom stereocenters. The van der Waals surface area contributed by atoms with Gasteiger partial charge in [-0.1, -0.05) is 26.0 Å². The summed E-state index contributed by atoms with van der Waals surface area (Å²) in [5.74, 6) is 0.248. The summed E-state index contributed by atoms with van der Waals surface area (Å²) < 4.78 is 7.12. The number of amides is 1. The zero-order valence-corrected chi connectivity index (χ0v) is 16.5. The summed E-state index contributed by atoms with van der Waals surface area (Å²) in [6.45, 7) is 6.64. The van der Waals surface area contributed by atoms with Crippen molar-refractivity contribution in [2.75, 3.05) is 6.61 Å². The molecule has 28 heavy (non-hydrogen) atoms. The molecule has 2 aromatic rings. The van der Waals surface area contributed by atoms with E-state index in [1.54, 1.807) is 18.3 Å². The predicted molar refractivity (Wildman–Crippen MR) is 104 cm³/mol. The quantitative estimate of drug-likeness (QED) is 0.690. The highest BCUT2D eigenvalue weighted by molar-refractivity contribution is 5.95. The van der Waals surface area contributed by atoms with Gasteiger partial charge in [0.2, 0.25) is 0 Å². The van der Waals surface area contributed by atoms with E-state index in [9.17, 15) is 9.59 Å². The molecule has 2 N–H and O–H groups in total. The number of hydrogen-bond donors (Lipinski definition) is 2. The molecule has 1 aliphatic carbocycles. The third-order valence-electron chi connectivity index (χ3n) is 4.72. The third kappa shape index (κ3) is 4.91. The Hall–Kier alpha value is -2.83. The normalized spacial score (nSPS) is 14.7.